The number of anilines is 1. The van der Waals surface area contributed by atoms with Crippen molar-refractivity contribution in [3.63, 3.8) is 0 Å². The average Bonchev–Trinajstić information content (AvgIpc) is 3.09. The quantitative estimate of drug-likeness (QED) is 0.916. The molecular weight excluding hydrogens is 309 g/mol. The highest BCUT2D eigenvalue weighted by Gasteiger charge is 2.25. The molecule has 1 fully saturated rings. The van der Waals surface area contributed by atoms with Crippen LogP contribution < -0.4 is 15.0 Å². The van der Waals surface area contributed by atoms with E-state index in [0.717, 1.165) is 37.1 Å². The lowest BCUT2D eigenvalue weighted by molar-refractivity contribution is 0.0944. The molecule has 126 valence electrons. The Hall–Kier alpha value is -2.63. The third kappa shape index (κ3) is 3.48. The van der Waals surface area contributed by atoms with Crippen molar-refractivity contribution in [3.05, 3.63) is 54.1 Å². The van der Waals surface area contributed by atoms with E-state index < -0.39 is 11.7 Å². The number of benzene rings is 1. The van der Waals surface area contributed by atoms with Gasteiger partial charge >= 0.3 is 0 Å². The number of rotatable bonds is 5. The number of methoxy groups -OCH3 is 1. The van der Waals surface area contributed by atoms with Gasteiger partial charge in [0.05, 0.1) is 24.6 Å². The van der Waals surface area contributed by atoms with Crippen molar-refractivity contribution in [2.75, 3.05) is 31.6 Å². The number of nitrogens with zero attached hydrogens (tertiary/aromatic N) is 2. The number of carbonyl (C=O) groups excluding carboxylic acids is 1. The van der Waals surface area contributed by atoms with Crippen molar-refractivity contribution in [1.29, 1.82) is 0 Å². The van der Waals surface area contributed by atoms with Crippen molar-refractivity contribution in [1.82, 2.24) is 10.3 Å². The van der Waals surface area contributed by atoms with Crippen molar-refractivity contribution in [2.45, 2.75) is 6.42 Å². The van der Waals surface area contributed by atoms with E-state index in [-0.39, 0.29) is 5.56 Å². The Labute approximate surface area is 140 Å². The number of pyridine rings is 1. The Bertz CT molecular complexity index is 723. The van der Waals surface area contributed by atoms with Crippen molar-refractivity contribution in [3.8, 4) is 5.75 Å². The lowest BCUT2D eigenvalue weighted by Gasteiger charge is -2.21. The Balaban J connectivity index is 1.57. The molecule has 1 aromatic carbocycles. The second-order valence-electron chi connectivity index (χ2n) is 5.84. The first kappa shape index (κ1) is 16.2. The standard InChI is InChI=1S/C18H20FN3O2/c1-24-17-5-3-2-4-16(17)22-9-7-13(12-22)10-21-18(23)14-6-8-20-11-15(14)19/h2-6,8,11,13H,7,9-10,12H2,1H3,(H,21,23)/t13-/m0/s1. The Kier molecular flexibility index (Phi) is 4.93. The fourth-order valence-electron chi connectivity index (χ4n) is 3.00. The number of aromatic nitrogens is 1. The molecule has 0 spiro atoms. The number of carbonyl (C=O) groups is 1. The molecule has 0 bridgehead atoms. The van der Waals surface area contributed by atoms with Gasteiger partial charge in [-0.05, 0) is 30.5 Å². The fraction of sp³-hybridized carbons (Fsp3) is 0.333. The molecule has 1 N–H and O–H groups in total. The van der Waals surface area contributed by atoms with Crippen molar-refractivity contribution in [2.24, 2.45) is 5.92 Å². The van der Waals surface area contributed by atoms with Gasteiger partial charge in [0.1, 0.15) is 5.75 Å². The van der Waals surface area contributed by atoms with Gasteiger partial charge in [-0.2, -0.15) is 0 Å². The number of hydrogen-bond acceptors (Lipinski definition) is 4. The minimum atomic E-state index is -0.600. The van der Waals surface area contributed by atoms with Crippen LogP contribution in [0, 0.1) is 11.7 Å². The first-order valence-electron chi connectivity index (χ1n) is 7.94. The Morgan fingerprint density at radius 3 is 3.04 bits per heavy atom. The summed E-state index contributed by atoms with van der Waals surface area (Å²) in [6.07, 6.45) is 3.43. The number of hydrogen-bond donors (Lipinski definition) is 1. The average molecular weight is 329 g/mol. The van der Waals surface area contributed by atoms with Crippen LogP contribution in [-0.4, -0.2) is 37.6 Å². The molecule has 0 saturated carbocycles. The van der Waals surface area contributed by atoms with E-state index in [0.29, 0.717) is 12.5 Å². The monoisotopic (exact) mass is 329 g/mol. The summed E-state index contributed by atoms with van der Waals surface area (Å²) in [6.45, 7) is 2.26. The lowest BCUT2D eigenvalue weighted by atomic mass is 10.1. The van der Waals surface area contributed by atoms with Gasteiger partial charge in [-0.15, -0.1) is 0 Å². The number of amides is 1. The van der Waals surface area contributed by atoms with Crippen LogP contribution in [0.25, 0.3) is 0 Å². The molecule has 24 heavy (non-hydrogen) atoms. The zero-order valence-electron chi connectivity index (χ0n) is 13.5. The molecule has 1 amide bonds. The molecule has 1 aliphatic heterocycles. The third-order valence-electron chi connectivity index (χ3n) is 4.28. The van der Waals surface area contributed by atoms with Crippen LogP contribution in [0.15, 0.2) is 42.7 Å². The summed E-state index contributed by atoms with van der Waals surface area (Å²) in [6, 6.07) is 9.29. The van der Waals surface area contributed by atoms with Gasteiger partial charge in [-0.25, -0.2) is 4.39 Å². The van der Waals surface area contributed by atoms with Gasteiger partial charge in [-0.1, -0.05) is 12.1 Å². The zero-order chi connectivity index (χ0) is 16.9. The lowest BCUT2D eigenvalue weighted by Crippen LogP contribution is -2.31. The number of nitrogens with one attached hydrogen (secondary N) is 1. The molecule has 0 aliphatic carbocycles. The van der Waals surface area contributed by atoms with Crippen LogP contribution >= 0.6 is 0 Å². The van der Waals surface area contributed by atoms with Crippen LogP contribution in [0.2, 0.25) is 0 Å². The molecule has 1 aromatic heterocycles. The molecule has 2 aromatic rings. The van der Waals surface area contributed by atoms with Crippen LogP contribution in [0.5, 0.6) is 5.75 Å². The molecule has 3 rings (SSSR count). The van der Waals surface area contributed by atoms with E-state index in [1.807, 2.05) is 24.3 Å². The van der Waals surface area contributed by atoms with Gasteiger partial charge in [0.2, 0.25) is 0 Å². The topological polar surface area (TPSA) is 54.5 Å². The summed E-state index contributed by atoms with van der Waals surface area (Å²) in [7, 11) is 1.66. The normalized spacial score (nSPS) is 16.9. The molecular formula is C18H20FN3O2. The first-order valence-corrected chi connectivity index (χ1v) is 7.94. The SMILES string of the molecule is COc1ccccc1N1CC[C@@H](CNC(=O)c2ccncc2F)C1. The summed E-state index contributed by atoms with van der Waals surface area (Å²) in [5, 5.41) is 2.82. The molecule has 0 unspecified atom stereocenters. The molecule has 5 nitrogen and oxygen atoms in total. The van der Waals surface area contributed by atoms with Gasteiger partial charge in [0.15, 0.2) is 5.82 Å². The maximum absolute atomic E-state index is 13.6. The molecule has 2 heterocycles. The highest BCUT2D eigenvalue weighted by molar-refractivity contribution is 5.94. The van der Waals surface area contributed by atoms with Crippen molar-refractivity contribution >= 4 is 11.6 Å². The summed E-state index contributed by atoms with van der Waals surface area (Å²) in [4.78, 5) is 18.0. The minimum Gasteiger partial charge on any atom is -0.495 e. The maximum atomic E-state index is 13.6. The van der Waals surface area contributed by atoms with Crippen LogP contribution in [0.4, 0.5) is 10.1 Å². The van der Waals surface area contributed by atoms with E-state index in [1.165, 1.54) is 12.3 Å². The maximum Gasteiger partial charge on any atom is 0.254 e. The van der Waals surface area contributed by atoms with Gasteiger partial charge in [0, 0.05) is 25.8 Å². The number of para-hydroxylation sites is 2. The molecule has 6 heteroatoms. The summed E-state index contributed by atoms with van der Waals surface area (Å²) in [5.74, 6) is 0.174. The van der Waals surface area contributed by atoms with Gasteiger partial charge < -0.3 is 15.0 Å². The van der Waals surface area contributed by atoms with Gasteiger partial charge in [-0.3, -0.25) is 9.78 Å². The Morgan fingerprint density at radius 1 is 1.42 bits per heavy atom. The Morgan fingerprint density at radius 2 is 2.25 bits per heavy atom. The fourth-order valence-corrected chi connectivity index (χ4v) is 3.00. The second kappa shape index (κ2) is 7.29. The molecule has 1 atom stereocenters. The number of halogens is 1. The third-order valence-corrected chi connectivity index (χ3v) is 4.28. The summed E-state index contributed by atoms with van der Waals surface area (Å²) >= 11 is 0. The van der Waals surface area contributed by atoms with E-state index in [2.05, 4.69) is 15.2 Å². The van der Waals surface area contributed by atoms with Gasteiger partial charge in [0.25, 0.3) is 5.91 Å². The summed E-state index contributed by atoms with van der Waals surface area (Å²) in [5.41, 5.74) is 1.10. The molecule has 0 radical (unpaired) electrons. The highest BCUT2D eigenvalue weighted by atomic mass is 19.1. The zero-order valence-corrected chi connectivity index (χ0v) is 13.5. The van der Waals surface area contributed by atoms with E-state index in [4.69, 9.17) is 4.74 Å². The minimum absolute atomic E-state index is 0.0320. The smallest absolute Gasteiger partial charge is 0.254 e. The van der Waals surface area contributed by atoms with Crippen molar-refractivity contribution < 1.29 is 13.9 Å². The highest BCUT2D eigenvalue weighted by Crippen LogP contribution is 2.31. The van der Waals surface area contributed by atoms with E-state index in [9.17, 15) is 9.18 Å². The van der Waals surface area contributed by atoms with Crippen LogP contribution in [0.1, 0.15) is 16.8 Å². The molecule has 1 aliphatic rings. The predicted molar refractivity (Wildman–Crippen MR) is 89.8 cm³/mol. The predicted octanol–water partition coefficient (Wildman–Crippen LogP) is 2.49. The van der Waals surface area contributed by atoms with E-state index >= 15 is 0 Å². The summed E-state index contributed by atoms with van der Waals surface area (Å²) < 4.78 is 19.0. The second-order valence-corrected chi connectivity index (χ2v) is 5.84. The molecule has 1 saturated heterocycles. The first-order chi connectivity index (χ1) is 11.7. The van der Waals surface area contributed by atoms with E-state index in [1.54, 1.807) is 7.11 Å². The number of ether oxygens (including phenoxy) is 1. The largest absolute Gasteiger partial charge is 0.495 e. The van der Waals surface area contributed by atoms with Crippen LogP contribution in [0.3, 0.4) is 0 Å². The van der Waals surface area contributed by atoms with Crippen LogP contribution in [-0.2, 0) is 0 Å².